The van der Waals surface area contributed by atoms with Gasteiger partial charge in [0.1, 0.15) is 6.33 Å². The van der Waals surface area contributed by atoms with Gasteiger partial charge in [-0.3, -0.25) is 10.1 Å². The first-order chi connectivity index (χ1) is 7.22. The highest BCUT2D eigenvalue weighted by atomic mass is 16.6. The second-order valence-electron chi connectivity index (χ2n) is 3.26. The Labute approximate surface area is 85.6 Å². The zero-order chi connectivity index (χ0) is 10.8. The van der Waals surface area contributed by atoms with Gasteiger partial charge < -0.3 is 10.1 Å². The van der Waals surface area contributed by atoms with Crippen molar-refractivity contribution in [2.45, 2.75) is 18.9 Å². The summed E-state index contributed by atoms with van der Waals surface area (Å²) in [5.74, 6) is 0.215. The Kier molecular flexibility index (Phi) is 2.36. The lowest BCUT2D eigenvalue weighted by molar-refractivity contribution is -0.385. The second-order valence-corrected chi connectivity index (χ2v) is 3.26. The number of hydrogen-bond acceptors (Lipinski definition) is 6. The molecule has 1 aromatic rings. The van der Waals surface area contributed by atoms with E-state index in [9.17, 15) is 10.1 Å². The lowest BCUT2D eigenvalue weighted by Crippen LogP contribution is -2.08. The Morgan fingerprint density at radius 2 is 2.33 bits per heavy atom. The summed E-state index contributed by atoms with van der Waals surface area (Å²) < 4.78 is 4.82. The maximum Gasteiger partial charge on any atom is 0.372 e. The third-order valence-corrected chi connectivity index (χ3v) is 2.08. The molecular formula is C8H10N4O3. The summed E-state index contributed by atoms with van der Waals surface area (Å²) in [6.07, 6.45) is 3.28. The Morgan fingerprint density at radius 1 is 1.60 bits per heavy atom. The van der Waals surface area contributed by atoms with Crippen LogP contribution in [0.4, 0.5) is 11.5 Å². The van der Waals surface area contributed by atoms with Crippen molar-refractivity contribution in [2.24, 2.45) is 0 Å². The Hall–Kier alpha value is -1.92. The molecule has 0 radical (unpaired) electrons. The number of nitrogens with zero attached hydrogens (tertiary/aromatic N) is 3. The van der Waals surface area contributed by atoms with Gasteiger partial charge in [0.2, 0.25) is 5.82 Å². The molecule has 0 spiro atoms. The number of nitro groups is 1. The first kappa shape index (κ1) is 9.63. The van der Waals surface area contributed by atoms with Gasteiger partial charge in [-0.05, 0) is 12.8 Å². The van der Waals surface area contributed by atoms with Gasteiger partial charge in [0, 0.05) is 6.04 Å². The Bertz CT molecular complexity index is 391. The highest BCUT2D eigenvalue weighted by Crippen LogP contribution is 2.33. The van der Waals surface area contributed by atoms with E-state index in [1.165, 1.54) is 13.4 Å². The average molecular weight is 210 g/mol. The maximum absolute atomic E-state index is 10.8. The number of hydrogen-bond donors (Lipinski definition) is 1. The van der Waals surface area contributed by atoms with Gasteiger partial charge in [-0.15, -0.1) is 0 Å². The molecule has 1 fully saturated rings. The van der Waals surface area contributed by atoms with Crippen LogP contribution in [0.5, 0.6) is 5.88 Å². The fraction of sp³-hybridized carbons (Fsp3) is 0.500. The van der Waals surface area contributed by atoms with E-state index in [0.29, 0.717) is 6.04 Å². The first-order valence-corrected chi connectivity index (χ1v) is 4.52. The van der Waals surface area contributed by atoms with E-state index >= 15 is 0 Å². The van der Waals surface area contributed by atoms with Crippen molar-refractivity contribution >= 4 is 11.5 Å². The number of aromatic nitrogens is 2. The summed E-state index contributed by atoms with van der Waals surface area (Å²) in [5.41, 5.74) is -0.202. The van der Waals surface area contributed by atoms with Crippen LogP contribution in [0.3, 0.4) is 0 Å². The molecule has 2 rings (SSSR count). The number of methoxy groups -OCH3 is 1. The number of ether oxygens (including phenoxy) is 1. The molecule has 0 amide bonds. The minimum atomic E-state index is -0.538. The van der Waals surface area contributed by atoms with Crippen LogP contribution in [0.25, 0.3) is 0 Å². The van der Waals surface area contributed by atoms with E-state index in [0.717, 1.165) is 12.8 Å². The molecule has 15 heavy (non-hydrogen) atoms. The zero-order valence-corrected chi connectivity index (χ0v) is 8.14. The number of nitrogens with one attached hydrogen (secondary N) is 1. The Morgan fingerprint density at radius 3 is 2.87 bits per heavy atom. The van der Waals surface area contributed by atoms with Gasteiger partial charge in [0.15, 0.2) is 0 Å². The first-order valence-electron chi connectivity index (χ1n) is 4.52. The molecule has 1 aliphatic rings. The van der Waals surface area contributed by atoms with Crippen molar-refractivity contribution in [1.82, 2.24) is 9.97 Å². The highest BCUT2D eigenvalue weighted by Gasteiger charge is 2.29. The largest absolute Gasteiger partial charge is 0.476 e. The second kappa shape index (κ2) is 3.68. The van der Waals surface area contributed by atoms with E-state index in [1.807, 2.05) is 0 Å². The van der Waals surface area contributed by atoms with Gasteiger partial charge in [0.25, 0.3) is 5.88 Å². The molecule has 1 saturated carbocycles. The van der Waals surface area contributed by atoms with Crippen LogP contribution in [0.15, 0.2) is 6.33 Å². The van der Waals surface area contributed by atoms with Crippen molar-refractivity contribution in [3.8, 4) is 5.88 Å². The molecule has 7 heteroatoms. The van der Waals surface area contributed by atoms with Crippen molar-refractivity contribution < 1.29 is 9.66 Å². The quantitative estimate of drug-likeness (QED) is 0.588. The minimum absolute atomic E-state index is 0.0156. The van der Waals surface area contributed by atoms with E-state index < -0.39 is 4.92 Å². The fourth-order valence-electron chi connectivity index (χ4n) is 1.20. The van der Waals surface area contributed by atoms with Crippen molar-refractivity contribution in [3.05, 3.63) is 16.4 Å². The van der Waals surface area contributed by atoms with E-state index in [-0.39, 0.29) is 17.4 Å². The third-order valence-electron chi connectivity index (χ3n) is 2.08. The summed E-state index contributed by atoms with van der Waals surface area (Å²) in [6, 6.07) is 0.295. The standard InChI is InChI=1S/C8H10N4O3/c1-15-8-6(12(13)14)7(9-4-10-8)11-5-2-3-5/h4-5H,2-3H2,1H3,(H,9,10,11). The molecule has 0 saturated heterocycles. The van der Waals surface area contributed by atoms with E-state index in [2.05, 4.69) is 15.3 Å². The Balaban J connectivity index is 2.37. The van der Waals surface area contributed by atoms with Crippen LogP contribution in [-0.2, 0) is 0 Å². The molecule has 0 bridgehead atoms. The van der Waals surface area contributed by atoms with Gasteiger partial charge in [-0.2, -0.15) is 4.98 Å². The zero-order valence-electron chi connectivity index (χ0n) is 8.14. The predicted molar refractivity (Wildman–Crippen MR) is 51.9 cm³/mol. The summed E-state index contributed by atoms with van der Waals surface area (Å²) in [7, 11) is 1.34. The molecule has 0 atom stereocenters. The van der Waals surface area contributed by atoms with Crippen LogP contribution in [0.2, 0.25) is 0 Å². The van der Waals surface area contributed by atoms with E-state index in [1.54, 1.807) is 0 Å². The highest BCUT2D eigenvalue weighted by molar-refractivity contribution is 5.61. The molecule has 0 aromatic carbocycles. The molecular weight excluding hydrogens is 200 g/mol. The summed E-state index contributed by atoms with van der Waals surface area (Å²) >= 11 is 0. The van der Waals surface area contributed by atoms with Gasteiger partial charge in [0.05, 0.1) is 12.0 Å². The summed E-state index contributed by atoms with van der Waals surface area (Å²) in [5, 5.41) is 13.8. The molecule has 7 nitrogen and oxygen atoms in total. The van der Waals surface area contributed by atoms with Crippen LogP contribution < -0.4 is 10.1 Å². The normalized spacial score (nSPS) is 14.7. The van der Waals surface area contributed by atoms with Crippen LogP contribution >= 0.6 is 0 Å². The van der Waals surface area contributed by atoms with Crippen molar-refractivity contribution in [1.29, 1.82) is 0 Å². The van der Waals surface area contributed by atoms with E-state index in [4.69, 9.17) is 4.74 Å². The topological polar surface area (TPSA) is 90.2 Å². The lowest BCUT2D eigenvalue weighted by Gasteiger charge is -2.05. The third kappa shape index (κ3) is 1.95. The molecule has 0 aliphatic heterocycles. The number of rotatable bonds is 4. The lowest BCUT2D eigenvalue weighted by atomic mass is 10.4. The van der Waals surface area contributed by atoms with Crippen molar-refractivity contribution in [2.75, 3.05) is 12.4 Å². The SMILES string of the molecule is COc1ncnc(NC2CC2)c1[N+](=O)[O-]. The minimum Gasteiger partial charge on any atom is -0.476 e. The van der Waals surface area contributed by atoms with Crippen LogP contribution in [0, 0.1) is 10.1 Å². The van der Waals surface area contributed by atoms with Crippen LogP contribution in [-0.4, -0.2) is 28.0 Å². The van der Waals surface area contributed by atoms with Crippen molar-refractivity contribution in [3.63, 3.8) is 0 Å². The molecule has 80 valence electrons. The van der Waals surface area contributed by atoms with Gasteiger partial charge in [-0.25, -0.2) is 4.98 Å². The summed E-state index contributed by atoms with van der Waals surface area (Å²) in [6.45, 7) is 0. The molecule has 1 heterocycles. The molecule has 0 unspecified atom stereocenters. The average Bonchev–Trinajstić information content (AvgIpc) is 3.01. The van der Waals surface area contributed by atoms with Gasteiger partial charge in [-0.1, -0.05) is 0 Å². The summed E-state index contributed by atoms with van der Waals surface area (Å²) in [4.78, 5) is 17.8. The molecule has 1 N–H and O–H groups in total. The molecule has 1 aromatic heterocycles. The number of anilines is 1. The maximum atomic E-state index is 10.8. The smallest absolute Gasteiger partial charge is 0.372 e. The monoisotopic (exact) mass is 210 g/mol. The van der Waals surface area contributed by atoms with Crippen LogP contribution in [0.1, 0.15) is 12.8 Å². The van der Waals surface area contributed by atoms with Gasteiger partial charge >= 0.3 is 5.69 Å². The molecule has 1 aliphatic carbocycles. The fourth-order valence-corrected chi connectivity index (χ4v) is 1.20. The predicted octanol–water partition coefficient (Wildman–Crippen LogP) is 0.968.